The van der Waals surface area contributed by atoms with Crippen molar-refractivity contribution in [2.24, 2.45) is 4.99 Å². The summed E-state index contributed by atoms with van der Waals surface area (Å²) in [4.78, 5) is 20.9. The maximum Gasteiger partial charge on any atom is 0.242 e. The number of aliphatic imine (C=N–C) groups is 1. The third-order valence-electron chi connectivity index (χ3n) is 5.03. The van der Waals surface area contributed by atoms with Crippen molar-refractivity contribution in [1.29, 1.82) is 0 Å². The molecule has 0 saturated carbocycles. The summed E-state index contributed by atoms with van der Waals surface area (Å²) in [6.07, 6.45) is 0.285. The van der Waals surface area contributed by atoms with Gasteiger partial charge in [0.05, 0.1) is 6.54 Å². The summed E-state index contributed by atoms with van der Waals surface area (Å²) in [7, 11) is 1.66. The van der Waals surface area contributed by atoms with E-state index >= 15 is 0 Å². The molecule has 152 valence electrons. The van der Waals surface area contributed by atoms with Crippen LogP contribution in [0.2, 0.25) is 0 Å². The van der Waals surface area contributed by atoms with Crippen molar-refractivity contribution < 1.29 is 9.90 Å². The van der Waals surface area contributed by atoms with E-state index in [9.17, 15) is 9.90 Å². The average Bonchev–Trinajstić information content (AvgIpc) is 3.39. The van der Waals surface area contributed by atoms with Gasteiger partial charge in [0.1, 0.15) is 6.10 Å². The Hall–Kier alpha value is -2.42. The molecule has 4 rings (SSSR count). The second-order valence-electron chi connectivity index (χ2n) is 6.94. The maximum absolute atomic E-state index is 12.5. The number of rotatable bonds is 5. The van der Waals surface area contributed by atoms with E-state index in [0.29, 0.717) is 19.0 Å². The largest absolute Gasteiger partial charge is 0.386 e. The van der Waals surface area contributed by atoms with Crippen LogP contribution < -0.4 is 10.6 Å². The molecule has 1 aromatic carbocycles. The van der Waals surface area contributed by atoms with Crippen LogP contribution in [-0.2, 0) is 17.8 Å². The second-order valence-corrected chi connectivity index (χ2v) is 9.06. The number of nitrogens with one attached hydrogen (secondary N) is 2. The molecule has 1 aliphatic rings. The van der Waals surface area contributed by atoms with E-state index in [1.54, 1.807) is 29.7 Å². The molecule has 6 nitrogen and oxygen atoms in total. The van der Waals surface area contributed by atoms with Crippen molar-refractivity contribution in [3.63, 3.8) is 0 Å². The molecule has 3 heterocycles. The molecule has 8 heteroatoms. The first-order valence-corrected chi connectivity index (χ1v) is 11.3. The van der Waals surface area contributed by atoms with Gasteiger partial charge in [-0.3, -0.25) is 9.79 Å². The lowest BCUT2D eigenvalue weighted by Crippen LogP contribution is -2.46. The lowest BCUT2D eigenvalue weighted by molar-refractivity contribution is -0.130. The van der Waals surface area contributed by atoms with Gasteiger partial charge < -0.3 is 20.6 Å². The van der Waals surface area contributed by atoms with Crippen LogP contribution in [-0.4, -0.2) is 48.6 Å². The smallest absolute Gasteiger partial charge is 0.242 e. The van der Waals surface area contributed by atoms with Crippen molar-refractivity contribution in [3.05, 3.63) is 57.1 Å². The minimum atomic E-state index is -0.638. The number of hydrogen-bond acceptors (Lipinski definition) is 5. The van der Waals surface area contributed by atoms with Crippen LogP contribution in [0.15, 0.2) is 46.8 Å². The van der Waals surface area contributed by atoms with Gasteiger partial charge in [0.2, 0.25) is 5.91 Å². The Bertz CT molecular complexity index is 994. The SMILES string of the molecule is CN=C(NCC(=O)N1CCc2sccc2C1)NCC(O)c1cc2ccccc2s1. The molecule has 1 amide bonds. The number of guanidine groups is 1. The van der Waals surface area contributed by atoms with Crippen LogP contribution >= 0.6 is 22.7 Å². The lowest BCUT2D eigenvalue weighted by Gasteiger charge is -2.27. The summed E-state index contributed by atoms with van der Waals surface area (Å²) < 4.78 is 1.16. The maximum atomic E-state index is 12.5. The summed E-state index contributed by atoms with van der Waals surface area (Å²) >= 11 is 3.35. The molecule has 3 N–H and O–H groups in total. The first-order valence-electron chi connectivity index (χ1n) is 9.58. The molecule has 0 spiro atoms. The fourth-order valence-corrected chi connectivity index (χ4v) is 5.35. The van der Waals surface area contributed by atoms with Gasteiger partial charge >= 0.3 is 0 Å². The molecule has 0 radical (unpaired) electrons. The number of amides is 1. The number of aliphatic hydroxyl groups excluding tert-OH is 1. The van der Waals surface area contributed by atoms with E-state index in [1.807, 2.05) is 29.2 Å². The van der Waals surface area contributed by atoms with E-state index in [4.69, 9.17) is 0 Å². The fraction of sp³-hybridized carbons (Fsp3) is 0.333. The van der Waals surface area contributed by atoms with E-state index in [1.165, 1.54) is 10.4 Å². The van der Waals surface area contributed by atoms with Gasteiger partial charge in [-0.15, -0.1) is 22.7 Å². The molecular formula is C21H24N4O2S2. The third kappa shape index (κ3) is 4.60. The van der Waals surface area contributed by atoms with Crippen LogP contribution in [0.4, 0.5) is 0 Å². The van der Waals surface area contributed by atoms with E-state index in [2.05, 4.69) is 33.1 Å². The summed E-state index contributed by atoms with van der Waals surface area (Å²) in [6, 6.07) is 12.2. The predicted octanol–water partition coefficient (Wildman–Crippen LogP) is 2.75. The third-order valence-corrected chi connectivity index (χ3v) is 7.27. The van der Waals surface area contributed by atoms with E-state index < -0.39 is 6.10 Å². The molecule has 1 atom stereocenters. The summed E-state index contributed by atoms with van der Waals surface area (Å²) in [5, 5.41) is 19.9. The highest BCUT2D eigenvalue weighted by Crippen LogP contribution is 2.29. The Morgan fingerprint density at radius 1 is 1.31 bits per heavy atom. The zero-order valence-electron chi connectivity index (χ0n) is 16.2. The predicted molar refractivity (Wildman–Crippen MR) is 120 cm³/mol. The van der Waals surface area contributed by atoms with Gasteiger partial charge in [-0.1, -0.05) is 18.2 Å². The number of benzene rings is 1. The van der Waals surface area contributed by atoms with Crippen molar-refractivity contribution in [3.8, 4) is 0 Å². The molecule has 0 aliphatic carbocycles. The number of carbonyl (C=O) groups excluding carboxylic acids is 1. The van der Waals surface area contributed by atoms with Crippen LogP contribution in [0.5, 0.6) is 0 Å². The van der Waals surface area contributed by atoms with Gasteiger partial charge in [-0.25, -0.2) is 0 Å². The van der Waals surface area contributed by atoms with Crippen molar-refractivity contribution in [1.82, 2.24) is 15.5 Å². The molecule has 1 aliphatic heterocycles. The van der Waals surface area contributed by atoms with Crippen LogP contribution in [0, 0.1) is 0 Å². The zero-order valence-corrected chi connectivity index (χ0v) is 17.9. The normalized spacial score (nSPS) is 15.2. The Balaban J connectivity index is 1.27. The standard InChI is InChI=1S/C21H24N4O2S2/c1-22-21(23-11-16(26)19-10-14-4-2-3-5-18(14)29-19)24-12-20(27)25-8-6-17-15(13-25)7-9-28-17/h2-5,7,9-10,16,26H,6,8,11-13H2,1H3,(H2,22,23,24). The van der Waals surface area contributed by atoms with E-state index in [0.717, 1.165) is 27.9 Å². The minimum Gasteiger partial charge on any atom is -0.386 e. The molecule has 29 heavy (non-hydrogen) atoms. The van der Waals surface area contributed by atoms with E-state index in [-0.39, 0.29) is 12.5 Å². The van der Waals surface area contributed by atoms with Gasteiger partial charge in [-0.05, 0) is 40.9 Å². The monoisotopic (exact) mass is 428 g/mol. The topological polar surface area (TPSA) is 77.0 Å². The molecule has 0 saturated heterocycles. The number of aliphatic hydroxyl groups is 1. The highest BCUT2D eigenvalue weighted by Gasteiger charge is 2.21. The molecule has 3 aromatic rings. The number of carbonyl (C=O) groups is 1. The highest BCUT2D eigenvalue weighted by atomic mass is 32.1. The zero-order chi connectivity index (χ0) is 20.2. The van der Waals surface area contributed by atoms with Gasteiger partial charge in [0.15, 0.2) is 5.96 Å². The summed E-state index contributed by atoms with van der Waals surface area (Å²) in [6.45, 7) is 1.93. The quantitative estimate of drug-likeness (QED) is 0.431. The van der Waals surface area contributed by atoms with Crippen molar-refractivity contribution in [2.75, 3.05) is 26.7 Å². The summed E-state index contributed by atoms with van der Waals surface area (Å²) in [5.74, 6) is 0.557. The fourth-order valence-electron chi connectivity index (χ4n) is 3.41. The highest BCUT2D eigenvalue weighted by molar-refractivity contribution is 7.19. The second kappa shape index (κ2) is 8.94. The molecular weight excluding hydrogens is 404 g/mol. The molecule has 1 unspecified atom stereocenters. The van der Waals surface area contributed by atoms with Gasteiger partial charge in [0.25, 0.3) is 0 Å². The first kappa shape index (κ1) is 19.9. The first-order chi connectivity index (χ1) is 14.1. The van der Waals surface area contributed by atoms with Crippen LogP contribution in [0.1, 0.15) is 21.4 Å². The lowest BCUT2D eigenvalue weighted by atomic mass is 10.1. The number of thiophene rings is 2. The number of hydrogen-bond donors (Lipinski definition) is 3. The van der Waals surface area contributed by atoms with Crippen LogP contribution in [0.25, 0.3) is 10.1 Å². The molecule has 2 aromatic heterocycles. The molecule has 0 bridgehead atoms. The molecule has 0 fully saturated rings. The van der Waals surface area contributed by atoms with Gasteiger partial charge in [0, 0.05) is 41.1 Å². The van der Waals surface area contributed by atoms with Crippen LogP contribution in [0.3, 0.4) is 0 Å². The summed E-state index contributed by atoms with van der Waals surface area (Å²) in [5.41, 5.74) is 1.25. The number of fused-ring (bicyclic) bond motifs is 2. The average molecular weight is 429 g/mol. The van der Waals surface area contributed by atoms with Crippen molar-refractivity contribution >= 4 is 44.6 Å². The number of nitrogens with zero attached hydrogens (tertiary/aromatic N) is 2. The van der Waals surface area contributed by atoms with Crippen molar-refractivity contribution in [2.45, 2.75) is 19.1 Å². The Kier molecular flexibility index (Phi) is 6.13. The Labute approximate surface area is 177 Å². The van der Waals surface area contributed by atoms with Gasteiger partial charge in [-0.2, -0.15) is 0 Å². The Morgan fingerprint density at radius 2 is 2.17 bits per heavy atom. The minimum absolute atomic E-state index is 0.0508. The Morgan fingerprint density at radius 3 is 3.00 bits per heavy atom.